The number of methoxy groups -OCH3 is 1. The van der Waals surface area contributed by atoms with E-state index in [0.717, 1.165) is 10.0 Å². The Balaban J connectivity index is 1.94. The van der Waals surface area contributed by atoms with Crippen molar-refractivity contribution in [1.82, 2.24) is 0 Å². The Labute approximate surface area is 148 Å². The summed E-state index contributed by atoms with van der Waals surface area (Å²) in [5, 5.41) is 0. The third-order valence-corrected chi connectivity index (χ3v) is 4.80. The zero-order chi connectivity index (χ0) is 17.3. The summed E-state index contributed by atoms with van der Waals surface area (Å²) in [6.07, 6.45) is 0. The van der Waals surface area contributed by atoms with E-state index in [9.17, 15) is 14.4 Å². The lowest BCUT2D eigenvalue weighted by molar-refractivity contribution is -0.152. The summed E-state index contributed by atoms with van der Waals surface area (Å²) < 4.78 is 5.41. The van der Waals surface area contributed by atoms with Crippen LogP contribution in [-0.2, 0) is 14.3 Å². The number of esters is 1. The van der Waals surface area contributed by atoms with Gasteiger partial charge in [-0.25, -0.2) is 4.79 Å². The fourth-order valence-corrected chi connectivity index (χ4v) is 3.54. The van der Waals surface area contributed by atoms with Crippen LogP contribution in [-0.4, -0.2) is 24.6 Å². The van der Waals surface area contributed by atoms with E-state index in [2.05, 4.69) is 20.7 Å². The van der Waals surface area contributed by atoms with Gasteiger partial charge < -0.3 is 4.74 Å². The molecule has 0 amide bonds. The van der Waals surface area contributed by atoms with E-state index in [4.69, 9.17) is 0 Å². The van der Waals surface area contributed by atoms with Gasteiger partial charge >= 0.3 is 5.97 Å². The van der Waals surface area contributed by atoms with Crippen molar-refractivity contribution < 1.29 is 19.1 Å². The SMILES string of the molecule is COC(=O)C(=O)[C@@H]1[C@H](C(=O)c2ccccc2)[C@H]1c1cccc(Br)c1. The molecule has 0 aliphatic heterocycles. The lowest BCUT2D eigenvalue weighted by Crippen LogP contribution is -2.20. The van der Waals surface area contributed by atoms with Gasteiger partial charge in [-0.2, -0.15) is 0 Å². The number of benzene rings is 2. The van der Waals surface area contributed by atoms with Crippen LogP contribution in [0, 0.1) is 11.8 Å². The lowest BCUT2D eigenvalue weighted by Gasteiger charge is -2.01. The maximum absolute atomic E-state index is 12.8. The molecule has 0 N–H and O–H groups in total. The molecule has 0 aromatic heterocycles. The third-order valence-electron chi connectivity index (χ3n) is 4.30. The van der Waals surface area contributed by atoms with Crippen molar-refractivity contribution in [1.29, 1.82) is 0 Å². The molecule has 4 nitrogen and oxygen atoms in total. The molecule has 3 atom stereocenters. The van der Waals surface area contributed by atoms with Crippen molar-refractivity contribution in [3.05, 3.63) is 70.2 Å². The molecule has 5 heteroatoms. The van der Waals surface area contributed by atoms with Crippen LogP contribution in [0.25, 0.3) is 0 Å². The first-order chi connectivity index (χ1) is 11.5. The quantitative estimate of drug-likeness (QED) is 0.448. The maximum atomic E-state index is 12.8. The molecular formula is C19H15BrO4. The number of carbonyl (C=O) groups excluding carboxylic acids is 3. The maximum Gasteiger partial charge on any atom is 0.374 e. The Bertz CT molecular complexity index is 800. The number of rotatable bonds is 5. The first-order valence-corrected chi connectivity index (χ1v) is 8.30. The second-order valence-corrected chi connectivity index (χ2v) is 6.63. The van der Waals surface area contributed by atoms with Crippen molar-refractivity contribution in [3.63, 3.8) is 0 Å². The fraction of sp³-hybridized carbons (Fsp3) is 0.211. The van der Waals surface area contributed by atoms with Crippen molar-refractivity contribution in [3.8, 4) is 0 Å². The van der Waals surface area contributed by atoms with Crippen molar-refractivity contribution >= 4 is 33.5 Å². The van der Waals surface area contributed by atoms with Gasteiger partial charge in [-0.1, -0.05) is 58.4 Å². The molecule has 0 heterocycles. The van der Waals surface area contributed by atoms with E-state index in [-0.39, 0.29) is 11.7 Å². The molecule has 122 valence electrons. The molecule has 3 rings (SSSR count). The molecule has 0 unspecified atom stereocenters. The van der Waals surface area contributed by atoms with E-state index in [0.29, 0.717) is 5.56 Å². The highest BCUT2D eigenvalue weighted by molar-refractivity contribution is 9.10. The van der Waals surface area contributed by atoms with Gasteiger partial charge in [0.1, 0.15) is 0 Å². The van der Waals surface area contributed by atoms with Crippen LogP contribution in [0.5, 0.6) is 0 Å². The Morgan fingerprint density at radius 1 is 0.958 bits per heavy atom. The number of ether oxygens (including phenoxy) is 1. The van der Waals surface area contributed by atoms with Crippen molar-refractivity contribution in [2.75, 3.05) is 7.11 Å². The summed E-state index contributed by atoms with van der Waals surface area (Å²) in [7, 11) is 1.17. The van der Waals surface area contributed by atoms with E-state index >= 15 is 0 Å². The molecule has 0 saturated heterocycles. The van der Waals surface area contributed by atoms with Crippen LogP contribution < -0.4 is 0 Å². The van der Waals surface area contributed by atoms with Gasteiger partial charge in [0.15, 0.2) is 5.78 Å². The van der Waals surface area contributed by atoms with Gasteiger partial charge in [-0.3, -0.25) is 9.59 Å². The predicted molar refractivity (Wildman–Crippen MR) is 91.7 cm³/mol. The zero-order valence-electron chi connectivity index (χ0n) is 12.9. The van der Waals surface area contributed by atoms with Gasteiger partial charge in [-0.15, -0.1) is 0 Å². The number of hydrogen-bond donors (Lipinski definition) is 0. The topological polar surface area (TPSA) is 60.4 Å². The van der Waals surface area contributed by atoms with E-state index in [1.165, 1.54) is 7.11 Å². The molecule has 1 fully saturated rings. The predicted octanol–water partition coefficient (Wildman–Crippen LogP) is 3.40. The second-order valence-electron chi connectivity index (χ2n) is 5.72. The summed E-state index contributed by atoms with van der Waals surface area (Å²) in [5.41, 5.74) is 1.41. The standard InChI is InChI=1S/C19H15BrO4/c1-24-19(23)18(22)16-14(12-8-5-9-13(20)10-12)15(16)17(21)11-6-3-2-4-7-11/h2-10,14-16H,1H3/t14-,15-,16+/m1/s1. The molecule has 0 radical (unpaired) electrons. The van der Waals surface area contributed by atoms with Crippen molar-refractivity contribution in [2.45, 2.75) is 5.92 Å². The molecule has 0 bridgehead atoms. The summed E-state index contributed by atoms with van der Waals surface area (Å²) in [4.78, 5) is 36.7. The number of hydrogen-bond acceptors (Lipinski definition) is 4. The molecule has 1 aliphatic rings. The van der Waals surface area contributed by atoms with E-state index < -0.39 is 23.6 Å². The van der Waals surface area contributed by atoms with E-state index in [1.54, 1.807) is 24.3 Å². The average Bonchev–Trinajstić information content (AvgIpc) is 3.36. The highest BCUT2D eigenvalue weighted by atomic mass is 79.9. The first-order valence-electron chi connectivity index (χ1n) is 7.51. The molecule has 24 heavy (non-hydrogen) atoms. The third kappa shape index (κ3) is 3.04. The highest BCUT2D eigenvalue weighted by Crippen LogP contribution is 2.56. The Hall–Kier alpha value is -2.27. The summed E-state index contributed by atoms with van der Waals surface area (Å²) >= 11 is 3.40. The number of carbonyl (C=O) groups is 3. The smallest absolute Gasteiger partial charge is 0.374 e. The number of Topliss-reactive ketones (excluding diaryl/α,β-unsaturated/α-hetero) is 2. The van der Waals surface area contributed by atoms with E-state index in [1.807, 2.05) is 30.3 Å². The van der Waals surface area contributed by atoms with Crippen LogP contribution >= 0.6 is 15.9 Å². The zero-order valence-corrected chi connectivity index (χ0v) is 14.5. The second kappa shape index (κ2) is 6.69. The fourth-order valence-electron chi connectivity index (χ4n) is 3.12. The van der Waals surface area contributed by atoms with Gasteiger partial charge in [0.25, 0.3) is 0 Å². The summed E-state index contributed by atoms with van der Waals surface area (Å²) in [5.74, 6) is -3.17. The van der Waals surface area contributed by atoms with Crippen LogP contribution in [0.4, 0.5) is 0 Å². The summed E-state index contributed by atoms with van der Waals surface area (Å²) in [6, 6.07) is 16.3. The Morgan fingerprint density at radius 3 is 2.29 bits per heavy atom. The first kappa shape index (κ1) is 16.6. The van der Waals surface area contributed by atoms with Gasteiger partial charge in [0, 0.05) is 27.8 Å². The normalized spacial score (nSPS) is 21.8. The van der Waals surface area contributed by atoms with Crippen molar-refractivity contribution in [2.24, 2.45) is 11.8 Å². The lowest BCUT2D eigenvalue weighted by atomic mass is 10.0. The number of ketones is 2. The van der Waals surface area contributed by atoms with Crippen LogP contribution in [0.2, 0.25) is 0 Å². The molecule has 2 aromatic carbocycles. The minimum atomic E-state index is -0.900. The van der Waals surface area contributed by atoms with Gasteiger partial charge in [-0.05, 0) is 17.7 Å². The molecule has 1 saturated carbocycles. The number of halogens is 1. The van der Waals surface area contributed by atoms with Gasteiger partial charge in [0.05, 0.1) is 7.11 Å². The molecule has 0 spiro atoms. The Morgan fingerprint density at radius 2 is 1.67 bits per heavy atom. The van der Waals surface area contributed by atoms with Crippen LogP contribution in [0.3, 0.4) is 0 Å². The monoisotopic (exact) mass is 386 g/mol. The molecule has 1 aliphatic carbocycles. The largest absolute Gasteiger partial charge is 0.463 e. The van der Waals surface area contributed by atoms with Crippen LogP contribution in [0.1, 0.15) is 21.8 Å². The van der Waals surface area contributed by atoms with Crippen LogP contribution in [0.15, 0.2) is 59.1 Å². The molecular weight excluding hydrogens is 372 g/mol. The minimum Gasteiger partial charge on any atom is -0.463 e. The highest BCUT2D eigenvalue weighted by Gasteiger charge is 2.60. The minimum absolute atomic E-state index is 0.122. The average molecular weight is 387 g/mol. The summed E-state index contributed by atoms with van der Waals surface area (Å²) in [6.45, 7) is 0. The Kier molecular flexibility index (Phi) is 4.62. The molecule has 2 aromatic rings. The van der Waals surface area contributed by atoms with Gasteiger partial charge in [0.2, 0.25) is 5.78 Å².